The van der Waals surface area contributed by atoms with Crippen molar-refractivity contribution in [2.45, 2.75) is 18.1 Å². The van der Waals surface area contributed by atoms with Crippen molar-refractivity contribution in [1.82, 2.24) is 9.62 Å². The lowest BCUT2D eigenvalue weighted by atomic mass is 10.1. The van der Waals surface area contributed by atoms with Crippen LogP contribution in [-0.2, 0) is 16.6 Å². The monoisotopic (exact) mass is 444 g/mol. The lowest BCUT2D eigenvalue weighted by Gasteiger charge is -2.15. The van der Waals surface area contributed by atoms with Gasteiger partial charge in [-0.3, -0.25) is 4.79 Å². The summed E-state index contributed by atoms with van der Waals surface area (Å²) in [4.78, 5) is 12.4. The molecule has 0 spiro atoms. The highest BCUT2D eigenvalue weighted by atomic mass is 32.2. The molecule has 0 bridgehead atoms. The van der Waals surface area contributed by atoms with Gasteiger partial charge in [0.15, 0.2) is 11.5 Å². The van der Waals surface area contributed by atoms with Crippen molar-refractivity contribution >= 4 is 15.9 Å². The summed E-state index contributed by atoms with van der Waals surface area (Å²) in [6, 6.07) is 8.31. The number of carbonyl (C=O) groups excluding carboxylic acids is 1. The van der Waals surface area contributed by atoms with Crippen LogP contribution in [0.25, 0.3) is 0 Å². The number of hydrogen-bond donors (Lipinski definition) is 1. The maximum absolute atomic E-state index is 12.5. The van der Waals surface area contributed by atoms with E-state index < -0.39 is 22.5 Å². The highest BCUT2D eigenvalue weighted by Crippen LogP contribution is 2.30. The average molecular weight is 444 g/mol. The molecular formula is C19H22F2N2O6S. The van der Waals surface area contributed by atoms with Crippen LogP contribution in [0.15, 0.2) is 41.3 Å². The first kappa shape index (κ1) is 23.4. The summed E-state index contributed by atoms with van der Waals surface area (Å²) in [5.41, 5.74) is 0.678. The molecule has 2 aromatic rings. The van der Waals surface area contributed by atoms with Crippen molar-refractivity contribution in [3.63, 3.8) is 0 Å². The van der Waals surface area contributed by atoms with Gasteiger partial charge in [-0.25, -0.2) is 12.7 Å². The number of methoxy groups -OCH3 is 2. The molecule has 0 saturated carbocycles. The third-order valence-electron chi connectivity index (χ3n) is 4.08. The second-order valence-corrected chi connectivity index (χ2v) is 8.32. The number of halogens is 2. The molecule has 0 radical (unpaired) electrons. The Morgan fingerprint density at radius 1 is 1.03 bits per heavy atom. The number of rotatable bonds is 9. The molecule has 11 heteroatoms. The molecule has 2 aromatic carbocycles. The van der Waals surface area contributed by atoms with Gasteiger partial charge in [-0.05, 0) is 35.9 Å². The summed E-state index contributed by atoms with van der Waals surface area (Å²) in [6.07, 6.45) is 0. The number of nitrogens with one attached hydrogen (secondary N) is 1. The van der Waals surface area contributed by atoms with Crippen molar-refractivity contribution < 1.29 is 36.2 Å². The Balaban J connectivity index is 2.21. The van der Waals surface area contributed by atoms with E-state index in [1.54, 1.807) is 0 Å². The second-order valence-electron chi connectivity index (χ2n) is 6.20. The van der Waals surface area contributed by atoms with Gasteiger partial charge in [0.1, 0.15) is 10.6 Å². The molecule has 0 unspecified atom stereocenters. The fourth-order valence-electron chi connectivity index (χ4n) is 2.52. The van der Waals surface area contributed by atoms with Gasteiger partial charge in [-0.1, -0.05) is 6.07 Å². The first-order valence-electron chi connectivity index (χ1n) is 8.60. The minimum Gasteiger partial charge on any atom is -0.495 e. The largest absolute Gasteiger partial charge is 0.495 e. The van der Waals surface area contributed by atoms with E-state index >= 15 is 0 Å². The maximum atomic E-state index is 12.5. The Morgan fingerprint density at radius 3 is 2.23 bits per heavy atom. The summed E-state index contributed by atoms with van der Waals surface area (Å²) >= 11 is 0. The van der Waals surface area contributed by atoms with Crippen LogP contribution in [-0.4, -0.2) is 53.6 Å². The van der Waals surface area contributed by atoms with E-state index in [2.05, 4.69) is 10.1 Å². The first-order valence-corrected chi connectivity index (χ1v) is 10.0. The number of carbonyl (C=O) groups is 1. The van der Waals surface area contributed by atoms with E-state index in [0.717, 1.165) is 4.31 Å². The third kappa shape index (κ3) is 5.36. The van der Waals surface area contributed by atoms with E-state index in [1.165, 1.54) is 64.7 Å². The van der Waals surface area contributed by atoms with Crippen LogP contribution >= 0.6 is 0 Å². The molecule has 8 nitrogen and oxygen atoms in total. The molecule has 30 heavy (non-hydrogen) atoms. The number of hydrogen-bond acceptors (Lipinski definition) is 6. The third-order valence-corrected chi connectivity index (χ3v) is 5.92. The van der Waals surface area contributed by atoms with Crippen molar-refractivity contribution in [3.8, 4) is 17.2 Å². The minimum absolute atomic E-state index is 0.0476. The Bertz CT molecular complexity index is 1010. The molecule has 1 amide bonds. The molecule has 0 heterocycles. The van der Waals surface area contributed by atoms with Crippen molar-refractivity contribution in [3.05, 3.63) is 47.5 Å². The van der Waals surface area contributed by atoms with E-state index in [4.69, 9.17) is 9.47 Å². The van der Waals surface area contributed by atoms with Gasteiger partial charge >= 0.3 is 6.61 Å². The van der Waals surface area contributed by atoms with Gasteiger partial charge in [0.25, 0.3) is 5.91 Å². The van der Waals surface area contributed by atoms with Gasteiger partial charge in [-0.15, -0.1) is 0 Å². The van der Waals surface area contributed by atoms with Gasteiger partial charge < -0.3 is 19.5 Å². The Hall–Kier alpha value is -2.92. The highest BCUT2D eigenvalue weighted by molar-refractivity contribution is 7.89. The van der Waals surface area contributed by atoms with Crippen LogP contribution in [0.4, 0.5) is 8.78 Å². The lowest BCUT2D eigenvalue weighted by Crippen LogP contribution is -2.25. The quantitative estimate of drug-likeness (QED) is 0.639. The first-order chi connectivity index (χ1) is 14.1. The minimum atomic E-state index is -3.83. The zero-order valence-corrected chi connectivity index (χ0v) is 17.6. The Morgan fingerprint density at radius 2 is 1.67 bits per heavy atom. The van der Waals surface area contributed by atoms with Crippen molar-refractivity contribution in [1.29, 1.82) is 0 Å². The number of amides is 1. The highest BCUT2D eigenvalue weighted by Gasteiger charge is 2.24. The summed E-state index contributed by atoms with van der Waals surface area (Å²) in [7, 11) is 1.55. The lowest BCUT2D eigenvalue weighted by molar-refractivity contribution is -0.0512. The summed E-state index contributed by atoms with van der Waals surface area (Å²) in [5.74, 6) is -0.457. The van der Waals surface area contributed by atoms with Crippen LogP contribution in [0.3, 0.4) is 0 Å². The zero-order chi connectivity index (χ0) is 22.5. The molecule has 0 aromatic heterocycles. The van der Waals surface area contributed by atoms with Gasteiger partial charge in [0.2, 0.25) is 10.0 Å². The molecule has 0 aliphatic carbocycles. The zero-order valence-electron chi connectivity index (χ0n) is 16.8. The van der Waals surface area contributed by atoms with Crippen molar-refractivity contribution in [2.75, 3.05) is 28.3 Å². The van der Waals surface area contributed by atoms with E-state index in [0.29, 0.717) is 5.56 Å². The second kappa shape index (κ2) is 9.72. The van der Waals surface area contributed by atoms with Gasteiger partial charge in [0.05, 0.1) is 14.2 Å². The number of sulfonamides is 1. The summed E-state index contributed by atoms with van der Waals surface area (Å²) in [6.45, 7) is -2.95. The standard InChI is InChI=1S/C19H22F2N2O6S/c1-23(2)30(25,26)17-10-13(6-8-15(17)27-3)18(24)22-11-12-5-7-14(29-19(20)21)16(9-12)28-4/h5-10,19H,11H2,1-4H3,(H,22,24). The topological polar surface area (TPSA) is 94.2 Å². The van der Waals surface area contributed by atoms with Gasteiger partial charge in [-0.2, -0.15) is 8.78 Å². The Labute approximate surface area is 173 Å². The number of alkyl halides is 2. The predicted octanol–water partition coefficient (Wildman–Crippen LogP) is 2.49. The fraction of sp³-hybridized carbons (Fsp3) is 0.316. The molecule has 0 atom stereocenters. The smallest absolute Gasteiger partial charge is 0.387 e. The van der Waals surface area contributed by atoms with Crippen LogP contribution in [0.1, 0.15) is 15.9 Å². The summed E-state index contributed by atoms with van der Waals surface area (Å²) in [5, 5.41) is 2.64. The normalized spacial score (nSPS) is 11.5. The van der Waals surface area contributed by atoms with Crippen LogP contribution < -0.4 is 19.5 Å². The fourth-order valence-corrected chi connectivity index (χ4v) is 3.59. The summed E-state index contributed by atoms with van der Waals surface area (Å²) < 4.78 is 65.3. The number of benzene rings is 2. The van der Waals surface area contributed by atoms with Crippen LogP contribution in [0, 0.1) is 0 Å². The molecular weight excluding hydrogens is 422 g/mol. The van der Waals surface area contributed by atoms with Gasteiger partial charge in [0, 0.05) is 26.2 Å². The van der Waals surface area contributed by atoms with Crippen LogP contribution in [0.5, 0.6) is 17.2 Å². The average Bonchev–Trinajstić information content (AvgIpc) is 2.71. The van der Waals surface area contributed by atoms with Crippen LogP contribution in [0.2, 0.25) is 0 Å². The van der Waals surface area contributed by atoms with E-state index in [1.807, 2.05) is 0 Å². The number of ether oxygens (including phenoxy) is 3. The molecule has 2 rings (SSSR count). The van der Waals surface area contributed by atoms with E-state index in [9.17, 15) is 22.0 Å². The van der Waals surface area contributed by atoms with Crippen molar-refractivity contribution in [2.24, 2.45) is 0 Å². The molecule has 1 N–H and O–H groups in total. The molecule has 164 valence electrons. The predicted molar refractivity (Wildman–Crippen MR) is 105 cm³/mol. The van der Waals surface area contributed by atoms with E-state index in [-0.39, 0.29) is 34.3 Å². The molecule has 0 fully saturated rings. The molecule has 0 aliphatic rings. The Kier molecular flexibility index (Phi) is 7.57. The SMILES string of the molecule is COc1cc(CNC(=O)c2ccc(OC)c(S(=O)(=O)N(C)C)c2)ccc1OC(F)F. The molecule has 0 saturated heterocycles. The molecule has 0 aliphatic heterocycles. The number of nitrogens with zero attached hydrogens (tertiary/aromatic N) is 1. The maximum Gasteiger partial charge on any atom is 0.387 e.